The van der Waals surface area contributed by atoms with E-state index < -0.39 is 0 Å². The number of rotatable bonds is 1. The lowest BCUT2D eigenvalue weighted by atomic mass is 10.0. The second-order valence-corrected chi connectivity index (χ2v) is 6.81. The molecule has 1 saturated carbocycles. The van der Waals surface area contributed by atoms with Crippen LogP contribution in [0.1, 0.15) is 39.0 Å². The van der Waals surface area contributed by atoms with E-state index >= 15 is 0 Å². The highest BCUT2D eigenvalue weighted by Gasteiger charge is 2.49. The van der Waals surface area contributed by atoms with E-state index in [9.17, 15) is 4.79 Å². The standard InChI is InChI=1S/C12H18BrNO/c1-7-4-11(7)12(15)14-9-2-3-10(14)6-8(13)5-9/h7-11H,2-6H2,1H3. The molecular formula is C12H18BrNO. The van der Waals surface area contributed by atoms with Gasteiger partial charge in [0.15, 0.2) is 0 Å². The van der Waals surface area contributed by atoms with Crippen LogP contribution in [0, 0.1) is 11.8 Å². The smallest absolute Gasteiger partial charge is 0.226 e. The average Bonchev–Trinajstić information content (AvgIpc) is 2.84. The summed E-state index contributed by atoms with van der Waals surface area (Å²) in [5.41, 5.74) is 0. The predicted octanol–water partition coefficient (Wildman–Crippen LogP) is 2.56. The minimum absolute atomic E-state index is 0.375. The molecule has 4 atom stereocenters. The maximum Gasteiger partial charge on any atom is 0.226 e. The third-order valence-electron chi connectivity index (χ3n) is 4.36. The lowest BCUT2D eigenvalue weighted by Gasteiger charge is -2.37. The Bertz CT molecular complexity index is 279. The fourth-order valence-corrected chi connectivity index (χ4v) is 4.19. The van der Waals surface area contributed by atoms with Gasteiger partial charge in [-0.3, -0.25) is 4.79 Å². The van der Waals surface area contributed by atoms with Crippen molar-refractivity contribution in [3.63, 3.8) is 0 Å². The lowest BCUT2D eigenvalue weighted by Crippen LogP contribution is -2.47. The van der Waals surface area contributed by atoms with E-state index in [1.165, 1.54) is 25.7 Å². The van der Waals surface area contributed by atoms with Gasteiger partial charge < -0.3 is 4.90 Å². The van der Waals surface area contributed by atoms with Crippen molar-refractivity contribution >= 4 is 21.8 Å². The Hall–Kier alpha value is -0.0500. The largest absolute Gasteiger partial charge is 0.336 e. The first-order valence-corrected chi connectivity index (χ1v) is 7.04. The van der Waals surface area contributed by atoms with Crippen LogP contribution < -0.4 is 0 Å². The lowest BCUT2D eigenvalue weighted by molar-refractivity contribution is -0.137. The van der Waals surface area contributed by atoms with Crippen LogP contribution in [0.3, 0.4) is 0 Å². The molecule has 2 nitrogen and oxygen atoms in total. The molecule has 2 heterocycles. The number of nitrogens with zero attached hydrogens (tertiary/aromatic N) is 1. The number of halogens is 1. The third kappa shape index (κ3) is 1.63. The molecule has 2 saturated heterocycles. The van der Waals surface area contributed by atoms with Crippen molar-refractivity contribution in [2.45, 2.75) is 55.9 Å². The number of carbonyl (C=O) groups is 1. The molecule has 2 bridgehead atoms. The fourth-order valence-electron chi connectivity index (χ4n) is 3.33. The SMILES string of the molecule is CC1CC1C(=O)N1C2CCC1CC(Br)C2. The van der Waals surface area contributed by atoms with Crippen molar-refractivity contribution in [1.82, 2.24) is 4.90 Å². The van der Waals surface area contributed by atoms with E-state index in [1.54, 1.807) is 0 Å². The molecule has 3 fully saturated rings. The highest BCUT2D eigenvalue weighted by Crippen LogP contribution is 2.45. The summed E-state index contributed by atoms with van der Waals surface area (Å²) < 4.78 is 0. The van der Waals surface area contributed by atoms with Crippen molar-refractivity contribution in [1.29, 1.82) is 0 Å². The van der Waals surface area contributed by atoms with E-state index in [1.807, 2.05) is 0 Å². The van der Waals surface area contributed by atoms with E-state index in [0.717, 1.165) is 6.42 Å². The van der Waals surface area contributed by atoms with Gasteiger partial charge in [0, 0.05) is 22.8 Å². The van der Waals surface area contributed by atoms with Gasteiger partial charge >= 0.3 is 0 Å². The van der Waals surface area contributed by atoms with Gasteiger partial charge in [-0.2, -0.15) is 0 Å². The maximum atomic E-state index is 12.2. The minimum atomic E-state index is 0.375. The van der Waals surface area contributed by atoms with Gasteiger partial charge in [-0.05, 0) is 38.0 Å². The zero-order valence-electron chi connectivity index (χ0n) is 9.16. The van der Waals surface area contributed by atoms with Crippen LogP contribution >= 0.6 is 15.9 Å². The van der Waals surface area contributed by atoms with E-state index in [2.05, 4.69) is 27.8 Å². The minimum Gasteiger partial charge on any atom is -0.336 e. The monoisotopic (exact) mass is 271 g/mol. The van der Waals surface area contributed by atoms with E-state index in [-0.39, 0.29) is 0 Å². The predicted molar refractivity (Wildman–Crippen MR) is 62.9 cm³/mol. The molecule has 15 heavy (non-hydrogen) atoms. The summed E-state index contributed by atoms with van der Waals surface area (Å²) >= 11 is 3.71. The van der Waals surface area contributed by atoms with Gasteiger partial charge in [-0.25, -0.2) is 0 Å². The van der Waals surface area contributed by atoms with Gasteiger partial charge in [0.1, 0.15) is 0 Å². The molecule has 3 aliphatic rings. The highest BCUT2D eigenvalue weighted by atomic mass is 79.9. The summed E-state index contributed by atoms with van der Waals surface area (Å²) in [6.45, 7) is 2.20. The topological polar surface area (TPSA) is 20.3 Å². The van der Waals surface area contributed by atoms with Crippen LogP contribution in [-0.4, -0.2) is 27.7 Å². The van der Waals surface area contributed by atoms with E-state index in [0.29, 0.717) is 34.7 Å². The van der Waals surface area contributed by atoms with Gasteiger partial charge in [0.25, 0.3) is 0 Å². The molecule has 0 aromatic carbocycles. The molecule has 0 spiro atoms. The zero-order chi connectivity index (χ0) is 10.6. The van der Waals surface area contributed by atoms with Crippen molar-refractivity contribution in [2.24, 2.45) is 11.8 Å². The Morgan fingerprint density at radius 2 is 1.73 bits per heavy atom. The van der Waals surface area contributed by atoms with Gasteiger partial charge in [-0.1, -0.05) is 22.9 Å². The molecule has 2 aliphatic heterocycles. The number of hydrogen-bond acceptors (Lipinski definition) is 1. The van der Waals surface area contributed by atoms with Crippen LogP contribution in [0.5, 0.6) is 0 Å². The number of carbonyl (C=O) groups excluding carboxylic acids is 1. The number of hydrogen-bond donors (Lipinski definition) is 0. The highest BCUT2D eigenvalue weighted by molar-refractivity contribution is 9.09. The Kier molecular flexibility index (Phi) is 2.35. The summed E-state index contributed by atoms with van der Waals surface area (Å²) in [7, 11) is 0. The first-order chi connectivity index (χ1) is 7.16. The van der Waals surface area contributed by atoms with Gasteiger partial charge in [-0.15, -0.1) is 0 Å². The molecule has 0 aromatic rings. The van der Waals surface area contributed by atoms with Crippen LogP contribution in [0.25, 0.3) is 0 Å². The molecule has 0 aromatic heterocycles. The molecule has 84 valence electrons. The zero-order valence-corrected chi connectivity index (χ0v) is 10.7. The maximum absolute atomic E-state index is 12.2. The molecule has 3 rings (SSSR count). The van der Waals surface area contributed by atoms with Crippen LogP contribution in [0.2, 0.25) is 0 Å². The first kappa shape index (κ1) is 10.1. The first-order valence-electron chi connectivity index (χ1n) is 6.13. The van der Waals surface area contributed by atoms with Crippen molar-refractivity contribution in [2.75, 3.05) is 0 Å². The summed E-state index contributed by atoms with van der Waals surface area (Å²) in [6.07, 6.45) is 5.94. The Morgan fingerprint density at radius 1 is 1.20 bits per heavy atom. The van der Waals surface area contributed by atoms with Crippen molar-refractivity contribution in [3.8, 4) is 0 Å². The number of amides is 1. The molecule has 1 aliphatic carbocycles. The Balaban J connectivity index is 1.74. The molecule has 4 unspecified atom stereocenters. The second kappa shape index (κ2) is 3.47. The van der Waals surface area contributed by atoms with Crippen molar-refractivity contribution < 1.29 is 4.79 Å². The fraction of sp³-hybridized carbons (Fsp3) is 0.917. The normalized spacial score (nSPS) is 48.1. The average molecular weight is 272 g/mol. The number of piperidine rings is 1. The second-order valence-electron chi connectivity index (χ2n) is 5.52. The van der Waals surface area contributed by atoms with Crippen LogP contribution in [0.4, 0.5) is 0 Å². The molecule has 3 heteroatoms. The molecule has 0 N–H and O–H groups in total. The van der Waals surface area contributed by atoms with Crippen molar-refractivity contribution in [3.05, 3.63) is 0 Å². The van der Waals surface area contributed by atoms with Crippen LogP contribution in [0.15, 0.2) is 0 Å². The Morgan fingerprint density at radius 3 is 2.20 bits per heavy atom. The summed E-state index contributed by atoms with van der Waals surface area (Å²) in [5, 5.41) is 0. The molecule has 0 radical (unpaired) electrons. The summed E-state index contributed by atoms with van der Waals surface area (Å²) in [4.78, 5) is 15.1. The van der Waals surface area contributed by atoms with E-state index in [4.69, 9.17) is 0 Å². The molecular weight excluding hydrogens is 254 g/mol. The summed E-state index contributed by atoms with van der Waals surface area (Å²) in [6, 6.07) is 1.10. The van der Waals surface area contributed by atoms with Crippen LogP contribution in [-0.2, 0) is 4.79 Å². The quantitative estimate of drug-likeness (QED) is 0.672. The molecule has 1 amide bonds. The number of alkyl halides is 1. The third-order valence-corrected chi connectivity index (χ3v) is 5.10. The summed E-state index contributed by atoms with van der Waals surface area (Å²) in [5.74, 6) is 1.49. The van der Waals surface area contributed by atoms with Gasteiger partial charge in [0.05, 0.1) is 0 Å². The van der Waals surface area contributed by atoms with Gasteiger partial charge in [0.2, 0.25) is 5.91 Å². The number of fused-ring (bicyclic) bond motifs is 2. The Labute approximate surface area is 99.5 Å².